The average Bonchev–Trinajstić information content (AvgIpc) is 2.98. The first-order valence-electron chi connectivity index (χ1n) is 13.2. The van der Waals surface area contributed by atoms with Crippen LogP contribution >= 0.6 is 24.0 Å². The van der Waals surface area contributed by atoms with Gasteiger partial charge in [-0.25, -0.2) is 24.5 Å². The van der Waals surface area contributed by atoms with E-state index in [1.165, 1.54) is 12.1 Å². The van der Waals surface area contributed by atoms with E-state index in [1.54, 1.807) is 36.0 Å². The van der Waals surface area contributed by atoms with Crippen LogP contribution in [0.3, 0.4) is 0 Å². The van der Waals surface area contributed by atoms with Gasteiger partial charge in [-0.3, -0.25) is 11.3 Å². The van der Waals surface area contributed by atoms with Crippen LogP contribution in [0.4, 0.5) is 0 Å². The van der Waals surface area contributed by atoms with Crippen LogP contribution < -0.4 is 0 Å². The van der Waals surface area contributed by atoms with Gasteiger partial charge in [0.2, 0.25) is 0 Å². The van der Waals surface area contributed by atoms with Gasteiger partial charge >= 0.3 is 31.7 Å². The van der Waals surface area contributed by atoms with E-state index >= 15 is 0 Å². The number of hydrogen-bond donors (Lipinski definition) is 4. The first-order valence-corrected chi connectivity index (χ1v) is 14.8. The fourth-order valence-corrected chi connectivity index (χ4v) is 4.13. The van der Waals surface area contributed by atoms with E-state index in [-0.39, 0.29) is 44.4 Å². The molecule has 0 fully saturated rings. The van der Waals surface area contributed by atoms with E-state index in [0.29, 0.717) is 70.4 Å². The van der Waals surface area contributed by atoms with Crippen LogP contribution in [0, 0.1) is 13.3 Å². The first-order chi connectivity index (χ1) is 20.3. The van der Waals surface area contributed by atoms with Crippen molar-refractivity contribution in [1.82, 2.24) is 19.8 Å². The zero-order valence-electron chi connectivity index (χ0n) is 23.9. The fraction of sp³-hybridized carbons (Fsp3) is 0.464. The Morgan fingerprint density at radius 3 is 2.05 bits per heavy atom. The number of aliphatic imine (C=N–C) groups is 1. The van der Waals surface area contributed by atoms with Crippen LogP contribution in [-0.4, -0.2) is 128 Å². The Kier molecular flexibility index (Phi) is 24.9. The van der Waals surface area contributed by atoms with E-state index in [9.17, 15) is 14.7 Å². The van der Waals surface area contributed by atoms with E-state index < -0.39 is 11.9 Å². The summed E-state index contributed by atoms with van der Waals surface area (Å²) in [5.41, 5.74) is 1.37. The molecule has 15 heteroatoms. The van der Waals surface area contributed by atoms with Gasteiger partial charge < -0.3 is 37.0 Å². The summed E-state index contributed by atoms with van der Waals surface area (Å²) in [5.74, 6) is -0.289. The quantitative estimate of drug-likeness (QED) is 0.0627. The molecule has 4 N–H and O–H groups in total. The summed E-state index contributed by atoms with van der Waals surface area (Å²) in [4.78, 5) is 37.5. The third kappa shape index (κ3) is 19.7. The molecule has 2 rings (SSSR count). The maximum Gasteiger partial charge on any atom is 2.00 e. The molecule has 0 radical (unpaired) electrons. The van der Waals surface area contributed by atoms with Gasteiger partial charge in [-0.1, -0.05) is 18.7 Å². The monoisotopic (exact) mass is 813 g/mol. The molecule has 0 amide bonds. The van der Waals surface area contributed by atoms with Gasteiger partial charge in [0.15, 0.2) is 0 Å². The number of aromatic nitrogens is 2. The van der Waals surface area contributed by atoms with Crippen molar-refractivity contribution in [2.24, 2.45) is 4.99 Å². The maximum atomic E-state index is 11.0. The third-order valence-corrected chi connectivity index (χ3v) is 6.48. The predicted molar refractivity (Wildman–Crippen MR) is 165 cm³/mol. The number of thiocarbonyl (C=S) groups is 1. The molecule has 12 nitrogen and oxygen atoms in total. The Hall–Kier alpha value is -2.17. The molecule has 0 saturated carbocycles. The van der Waals surface area contributed by atoms with Crippen LogP contribution in [0.1, 0.15) is 32.4 Å². The minimum atomic E-state index is -1.05. The normalized spacial score (nSPS) is 10.4. The van der Waals surface area contributed by atoms with Crippen LogP contribution in [0.2, 0.25) is 0 Å². The number of aliphatic hydroxyl groups is 2. The number of rotatable bonds is 21. The van der Waals surface area contributed by atoms with Gasteiger partial charge in [0.1, 0.15) is 11.4 Å². The summed E-state index contributed by atoms with van der Waals surface area (Å²) < 4.78 is 5.58. The Bertz CT molecular complexity index is 1110. The number of carboxylic acid groups (broad SMARTS) is 2. The van der Waals surface area contributed by atoms with Crippen molar-refractivity contribution in [3.63, 3.8) is 0 Å². The molecule has 0 spiro atoms. The van der Waals surface area contributed by atoms with E-state index in [2.05, 4.69) is 45.7 Å². The number of thioether (sulfide) groups is 1. The van der Waals surface area contributed by atoms with Crippen molar-refractivity contribution >= 4 is 41.1 Å². The molecular formula is C28H39N5O7OsS2. The number of aliphatic hydroxyl groups excluding tert-OH is 2. The summed E-state index contributed by atoms with van der Waals surface area (Å²) in [6, 6.07) is 9.77. The summed E-state index contributed by atoms with van der Waals surface area (Å²) in [6.07, 6.45) is 2.06. The SMILES string of the molecule is O=C(O)c1cccc(CN(CCO)CCOC[CH-]CSCCN=C=S)n1.[CH2-]CN(CCO)Cc1cccc(C(=O)O)n1.[Os+2]. The first kappa shape index (κ1) is 40.8. The second-order valence-electron chi connectivity index (χ2n) is 8.55. The van der Waals surface area contributed by atoms with Gasteiger partial charge in [-0.15, -0.1) is 12.3 Å². The Morgan fingerprint density at radius 1 is 0.977 bits per heavy atom. The van der Waals surface area contributed by atoms with Gasteiger partial charge in [0.25, 0.3) is 0 Å². The van der Waals surface area contributed by atoms with Gasteiger partial charge in [-0.05, 0) is 36.5 Å². The zero-order valence-corrected chi connectivity index (χ0v) is 28.0. The molecule has 0 aliphatic heterocycles. The standard InChI is InChI=1S/C17H24N3O4S2.C11H15N2O3.Os/c21-8-6-20(13-15-3-1-4-16(19-15)17(22)23)7-10-24-9-2-11-26-12-5-18-14-25;1-2-13(6-7-14)8-9-4-3-5-10(12-9)11(15)16;/h1-4,21H,5-13H2,(H,22,23);3-5,14H,1-2,6-8H2,(H,15,16);/q2*-1;+2. The predicted octanol–water partition coefficient (Wildman–Crippen LogP) is 2.04. The summed E-state index contributed by atoms with van der Waals surface area (Å²) in [6.45, 7) is 8.67. The van der Waals surface area contributed by atoms with E-state index in [1.807, 2.05) is 9.80 Å². The molecule has 0 aromatic carbocycles. The minimum absolute atomic E-state index is 0. The second-order valence-corrected chi connectivity index (χ2v) is 9.88. The number of pyridine rings is 2. The molecule has 0 atom stereocenters. The Balaban J connectivity index is 0.000000891. The molecule has 0 unspecified atom stereocenters. The van der Waals surface area contributed by atoms with Crippen LogP contribution in [0.25, 0.3) is 0 Å². The number of isothiocyanates is 1. The largest absolute Gasteiger partial charge is 2.00 e. The van der Waals surface area contributed by atoms with Crippen LogP contribution in [0.5, 0.6) is 0 Å². The van der Waals surface area contributed by atoms with Crippen LogP contribution in [-0.2, 0) is 37.6 Å². The smallest absolute Gasteiger partial charge is 0.477 e. The second kappa shape index (κ2) is 26.2. The van der Waals surface area contributed by atoms with E-state index in [0.717, 1.165) is 11.5 Å². The number of carbonyl (C=O) groups is 2. The third-order valence-electron chi connectivity index (χ3n) is 5.41. The Labute approximate surface area is 275 Å². The summed E-state index contributed by atoms with van der Waals surface area (Å²) in [7, 11) is 0. The number of carboxylic acids is 2. The number of nitrogens with zero attached hydrogens (tertiary/aromatic N) is 5. The number of hydrogen-bond acceptors (Lipinski definition) is 12. The molecule has 2 aromatic rings. The average molecular weight is 812 g/mol. The molecule has 0 bridgehead atoms. The number of aromatic carboxylic acids is 2. The Morgan fingerprint density at radius 2 is 1.53 bits per heavy atom. The minimum Gasteiger partial charge on any atom is -0.477 e. The van der Waals surface area contributed by atoms with Crippen molar-refractivity contribution in [1.29, 1.82) is 0 Å². The molecule has 0 aliphatic rings. The summed E-state index contributed by atoms with van der Waals surface area (Å²) >= 11 is 6.25. The molecule has 43 heavy (non-hydrogen) atoms. The van der Waals surface area contributed by atoms with Crippen molar-refractivity contribution in [2.45, 2.75) is 13.1 Å². The van der Waals surface area contributed by atoms with Crippen molar-refractivity contribution < 1.29 is 54.5 Å². The molecule has 0 saturated heterocycles. The zero-order chi connectivity index (χ0) is 31.0. The molecular weight excluding hydrogens is 773 g/mol. The van der Waals surface area contributed by atoms with Gasteiger partial charge in [0.05, 0.1) is 42.9 Å². The molecule has 2 aromatic heterocycles. The maximum absolute atomic E-state index is 11.0. The molecule has 2 heterocycles. The van der Waals surface area contributed by atoms with Gasteiger partial charge in [0, 0.05) is 38.5 Å². The van der Waals surface area contributed by atoms with Crippen molar-refractivity contribution in [3.05, 3.63) is 72.5 Å². The molecule has 0 aliphatic carbocycles. The topological polar surface area (TPSA) is 169 Å². The summed E-state index contributed by atoms with van der Waals surface area (Å²) in [5, 5.41) is 38.1. The van der Waals surface area contributed by atoms with Crippen molar-refractivity contribution in [2.75, 3.05) is 70.7 Å². The fourth-order valence-electron chi connectivity index (χ4n) is 3.39. The van der Waals surface area contributed by atoms with Crippen LogP contribution in [0.15, 0.2) is 41.4 Å². The van der Waals surface area contributed by atoms with Crippen molar-refractivity contribution in [3.8, 4) is 0 Å². The van der Waals surface area contributed by atoms with Gasteiger partial charge in [-0.2, -0.15) is 11.8 Å². The number of ether oxygens (including phenoxy) is 1. The van der Waals surface area contributed by atoms with E-state index in [4.69, 9.17) is 20.1 Å². The molecule has 238 valence electrons.